The fourth-order valence-corrected chi connectivity index (χ4v) is 7.99. The molecular weight excluding hydrogens is 592 g/mol. The molecule has 244 valence electrons. The fourth-order valence-electron chi connectivity index (χ4n) is 7.99. The summed E-state index contributed by atoms with van der Waals surface area (Å²) in [6.07, 6.45) is 10.4. The van der Waals surface area contributed by atoms with Crippen LogP contribution in [0.5, 0.6) is 5.75 Å². The van der Waals surface area contributed by atoms with E-state index in [1.54, 1.807) is 19.9 Å². The number of likely N-dealkylation sites (tertiary alicyclic amines) is 1. The van der Waals surface area contributed by atoms with E-state index >= 15 is 4.39 Å². The highest BCUT2D eigenvalue weighted by atomic mass is 19.1. The minimum absolute atomic E-state index is 0.0523. The number of carbonyl (C=O) groups excluding carboxylic acids is 2. The molecule has 1 aromatic carbocycles. The summed E-state index contributed by atoms with van der Waals surface area (Å²) >= 11 is 0. The average Bonchev–Trinajstić information content (AvgIpc) is 3.45. The van der Waals surface area contributed by atoms with E-state index in [9.17, 15) is 14.0 Å². The first-order valence-corrected chi connectivity index (χ1v) is 16.5. The molecule has 4 aliphatic heterocycles. The van der Waals surface area contributed by atoms with Crippen molar-refractivity contribution in [1.29, 1.82) is 0 Å². The van der Waals surface area contributed by atoms with Crippen LogP contribution >= 0.6 is 0 Å². The van der Waals surface area contributed by atoms with Crippen LogP contribution in [0, 0.1) is 24.6 Å². The van der Waals surface area contributed by atoms with Crippen LogP contribution in [0.25, 0.3) is 0 Å². The molecule has 2 saturated heterocycles. The number of hydrogen-bond donors (Lipinski definition) is 0. The summed E-state index contributed by atoms with van der Waals surface area (Å²) in [6, 6.07) is 2.90. The number of halogens is 2. The molecule has 0 N–H and O–H groups in total. The Kier molecular flexibility index (Phi) is 8.00. The number of carbonyl (C=O) groups is 2. The third-order valence-corrected chi connectivity index (χ3v) is 10.3. The number of ether oxygens (including phenoxy) is 3. The minimum atomic E-state index is -1.11. The molecule has 0 amide bonds. The molecule has 1 aliphatic carbocycles. The molecule has 1 aromatic heterocycles. The lowest BCUT2D eigenvalue weighted by Gasteiger charge is -2.37. The van der Waals surface area contributed by atoms with Crippen LogP contribution in [0.1, 0.15) is 86.0 Å². The number of benzene rings is 1. The highest BCUT2D eigenvalue weighted by Gasteiger charge is 2.51. The van der Waals surface area contributed by atoms with Crippen LogP contribution in [0.15, 0.2) is 47.4 Å². The Morgan fingerprint density at radius 3 is 2.67 bits per heavy atom. The summed E-state index contributed by atoms with van der Waals surface area (Å²) in [4.78, 5) is 34.5. The van der Waals surface area contributed by atoms with Crippen LogP contribution in [-0.2, 0) is 20.7 Å². The molecule has 5 unspecified atom stereocenters. The van der Waals surface area contributed by atoms with Gasteiger partial charge in [0.05, 0.1) is 18.6 Å². The van der Waals surface area contributed by atoms with E-state index in [1.807, 2.05) is 36.8 Å². The van der Waals surface area contributed by atoms with Crippen molar-refractivity contribution in [2.75, 3.05) is 19.7 Å². The first kappa shape index (κ1) is 31.0. The van der Waals surface area contributed by atoms with Gasteiger partial charge >= 0.3 is 5.97 Å². The van der Waals surface area contributed by atoms with E-state index in [0.717, 1.165) is 43.5 Å². The van der Waals surface area contributed by atoms with Crippen molar-refractivity contribution in [3.05, 3.63) is 70.5 Å². The number of nitrogens with zero attached hydrogens (tertiary/aromatic N) is 3. The maximum atomic E-state index is 15.7. The predicted molar refractivity (Wildman–Crippen MR) is 169 cm³/mol. The highest BCUT2D eigenvalue weighted by Crippen LogP contribution is 2.46. The van der Waals surface area contributed by atoms with E-state index in [1.165, 1.54) is 12.1 Å². The molecule has 0 bridgehead atoms. The Morgan fingerprint density at radius 2 is 1.93 bits per heavy atom. The van der Waals surface area contributed by atoms with Crippen LogP contribution in [-0.4, -0.2) is 64.6 Å². The summed E-state index contributed by atoms with van der Waals surface area (Å²) in [6.45, 7) is 9.29. The van der Waals surface area contributed by atoms with Gasteiger partial charge in [-0.1, -0.05) is 6.08 Å². The second-order valence-electron chi connectivity index (χ2n) is 13.7. The van der Waals surface area contributed by atoms with Crippen molar-refractivity contribution in [3.63, 3.8) is 0 Å². The van der Waals surface area contributed by atoms with Gasteiger partial charge in [-0.2, -0.15) is 0 Å². The monoisotopic (exact) mass is 633 g/mol. The number of cyclic esters (lactones) is 1. The van der Waals surface area contributed by atoms with E-state index < -0.39 is 35.6 Å². The van der Waals surface area contributed by atoms with Gasteiger partial charge in [-0.25, -0.2) is 18.6 Å². The number of hydrogen-bond acceptors (Lipinski definition) is 7. The third kappa shape index (κ3) is 5.53. The first-order chi connectivity index (χ1) is 22.0. The fraction of sp³-hybridized carbons (Fsp3) is 0.528. The van der Waals surface area contributed by atoms with Gasteiger partial charge in [-0.05, 0) is 101 Å². The number of aromatic nitrogens is 1. The lowest BCUT2D eigenvalue weighted by Crippen LogP contribution is -2.41. The SMILES string of the molecule is CC1=Nc2cc(C(=O)C3CCCN(C4C=CC(F)=CC4)CC3)cn2C(c2cc(F)c3c(c2C)CCCO3)C1C1OC(C)(C)OC1=O. The number of rotatable bonds is 5. The average molecular weight is 634 g/mol. The van der Waals surface area contributed by atoms with Gasteiger partial charge in [0.15, 0.2) is 23.5 Å². The zero-order valence-corrected chi connectivity index (χ0v) is 26.9. The lowest BCUT2D eigenvalue weighted by atomic mass is 9.80. The molecule has 5 heterocycles. The van der Waals surface area contributed by atoms with Crippen molar-refractivity contribution in [3.8, 4) is 5.75 Å². The van der Waals surface area contributed by atoms with Crippen molar-refractivity contribution in [2.24, 2.45) is 16.8 Å². The van der Waals surface area contributed by atoms with E-state index in [0.29, 0.717) is 54.3 Å². The maximum Gasteiger partial charge on any atom is 0.338 e. The second-order valence-corrected chi connectivity index (χ2v) is 13.7. The zero-order valence-electron chi connectivity index (χ0n) is 26.9. The molecule has 2 fully saturated rings. The number of allylic oxidation sites excluding steroid dienone is 2. The molecular formula is C36H41F2N3O5. The molecule has 7 rings (SSSR count). The Bertz CT molecular complexity index is 1670. The lowest BCUT2D eigenvalue weighted by molar-refractivity contribution is -0.161. The summed E-state index contributed by atoms with van der Waals surface area (Å²) in [7, 11) is 0. The highest BCUT2D eigenvalue weighted by molar-refractivity contribution is 6.00. The third-order valence-electron chi connectivity index (χ3n) is 10.3. The summed E-state index contributed by atoms with van der Waals surface area (Å²) < 4.78 is 48.6. The van der Waals surface area contributed by atoms with Crippen LogP contribution in [0.2, 0.25) is 0 Å². The normalized spacial score (nSPS) is 29.2. The van der Waals surface area contributed by atoms with E-state index in [4.69, 9.17) is 19.2 Å². The van der Waals surface area contributed by atoms with Crippen molar-refractivity contribution in [1.82, 2.24) is 9.47 Å². The Balaban J connectivity index is 1.23. The summed E-state index contributed by atoms with van der Waals surface area (Å²) in [5.41, 5.74) is 3.63. The summed E-state index contributed by atoms with van der Waals surface area (Å²) in [5.74, 6) is -2.07. The standard InChI is InChI=1S/C36H41F2N3O5/c1-20-26-8-6-16-44-33(26)28(38)18-27(20)31-30(34-35(43)46-36(3,4)45-34)21(2)39-29-17-23(19-41(29)31)32(42)22-7-5-14-40(15-13-22)25-11-9-24(37)10-12-25/h9-11,17-19,22,25,30-31,34H,5-8,12-16H2,1-4H3. The van der Waals surface area contributed by atoms with Crippen LogP contribution < -0.4 is 4.74 Å². The van der Waals surface area contributed by atoms with E-state index in [-0.39, 0.29) is 23.6 Å². The number of Topliss-reactive ketones (excluding diaryl/α,β-unsaturated/α-hetero) is 1. The number of esters is 1. The van der Waals surface area contributed by atoms with Gasteiger partial charge in [-0.3, -0.25) is 9.69 Å². The summed E-state index contributed by atoms with van der Waals surface area (Å²) in [5, 5.41) is 0. The van der Waals surface area contributed by atoms with Crippen molar-refractivity contribution >= 4 is 23.3 Å². The molecule has 0 saturated carbocycles. The molecule has 5 aliphatic rings. The Labute approximate surface area is 268 Å². The topological polar surface area (TPSA) is 82.4 Å². The predicted octanol–water partition coefficient (Wildman–Crippen LogP) is 6.72. The molecule has 2 aromatic rings. The molecule has 5 atom stereocenters. The van der Waals surface area contributed by atoms with E-state index in [2.05, 4.69) is 4.90 Å². The molecule has 8 nitrogen and oxygen atoms in total. The van der Waals surface area contributed by atoms with Gasteiger partial charge < -0.3 is 18.8 Å². The first-order valence-electron chi connectivity index (χ1n) is 16.5. The van der Waals surface area contributed by atoms with Crippen molar-refractivity contribution < 1.29 is 32.6 Å². The Morgan fingerprint density at radius 1 is 1.11 bits per heavy atom. The Hall–Kier alpha value is -3.63. The zero-order chi connectivity index (χ0) is 32.3. The minimum Gasteiger partial charge on any atom is -0.490 e. The van der Waals surface area contributed by atoms with Crippen molar-refractivity contribution in [2.45, 2.75) is 90.2 Å². The maximum absolute atomic E-state index is 15.7. The number of ketones is 1. The number of fused-ring (bicyclic) bond motifs is 2. The van der Waals surface area contributed by atoms with Gasteiger partial charge in [0, 0.05) is 48.8 Å². The smallest absolute Gasteiger partial charge is 0.338 e. The molecule has 10 heteroatoms. The molecule has 0 radical (unpaired) electrons. The molecule has 46 heavy (non-hydrogen) atoms. The van der Waals surface area contributed by atoms with Gasteiger partial charge in [0.25, 0.3) is 0 Å². The molecule has 0 spiro atoms. The van der Waals surface area contributed by atoms with Gasteiger partial charge in [0.2, 0.25) is 5.79 Å². The largest absolute Gasteiger partial charge is 0.490 e. The van der Waals surface area contributed by atoms with Gasteiger partial charge in [-0.15, -0.1) is 0 Å². The van der Waals surface area contributed by atoms with Gasteiger partial charge in [0.1, 0.15) is 11.6 Å². The van der Waals surface area contributed by atoms with Crippen LogP contribution in [0.4, 0.5) is 14.6 Å². The van der Waals surface area contributed by atoms with Crippen LogP contribution in [0.3, 0.4) is 0 Å². The number of aliphatic imine (C=N–C) groups is 1. The second kappa shape index (κ2) is 11.9. The quantitative estimate of drug-likeness (QED) is 0.269.